The van der Waals surface area contributed by atoms with E-state index < -0.39 is 23.7 Å². The van der Waals surface area contributed by atoms with Gasteiger partial charge in [-0.05, 0) is 51.7 Å². The van der Waals surface area contributed by atoms with Crippen LogP contribution >= 0.6 is 11.8 Å². The Bertz CT molecular complexity index is 1030. The average Bonchev–Trinajstić information content (AvgIpc) is 3.00. The fourth-order valence-corrected chi connectivity index (χ4v) is 5.50. The first-order valence-corrected chi connectivity index (χ1v) is 13.9. The molecule has 1 aliphatic heterocycles. The maximum atomic E-state index is 13.9. The second kappa shape index (κ2) is 13.6. The molecule has 0 aliphatic carbocycles. The molecule has 3 unspecified atom stereocenters. The van der Waals surface area contributed by atoms with Crippen LogP contribution < -0.4 is 5.32 Å². The molecule has 3 rings (SSSR count). The molecule has 1 saturated heterocycles. The molecule has 2 aromatic rings. The minimum atomic E-state index is -0.660. The van der Waals surface area contributed by atoms with Crippen LogP contribution in [0.3, 0.4) is 0 Å². The standard InChI is InChI=1S/C29H38N2O5S/c1-5-35-28(34)23(17-16-21-12-8-6-9-13-21)30-24-19-37-20-25(22-14-10-7-11-15-22)31(27(24)33)18-26(32)36-29(2,3)4/h6-15,23-25,30H,5,16-20H2,1-4H3. The van der Waals surface area contributed by atoms with E-state index in [1.165, 1.54) is 0 Å². The summed E-state index contributed by atoms with van der Waals surface area (Å²) in [5.74, 6) is 0.0509. The summed E-state index contributed by atoms with van der Waals surface area (Å²) < 4.78 is 10.9. The number of ether oxygens (including phenoxy) is 2. The zero-order chi connectivity index (χ0) is 26.8. The molecule has 1 amide bonds. The zero-order valence-corrected chi connectivity index (χ0v) is 23.0. The molecule has 8 heteroatoms. The van der Waals surface area contributed by atoms with Crippen LogP contribution in [0.15, 0.2) is 60.7 Å². The normalized spacial score (nSPS) is 19.1. The van der Waals surface area contributed by atoms with Gasteiger partial charge in [0.05, 0.1) is 18.7 Å². The third-order valence-corrected chi connectivity index (χ3v) is 7.08. The molecule has 37 heavy (non-hydrogen) atoms. The van der Waals surface area contributed by atoms with Gasteiger partial charge in [0.1, 0.15) is 18.2 Å². The molecule has 1 aliphatic rings. The Balaban J connectivity index is 1.82. The first-order valence-electron chi connectivity index (χ1n) is 12.8. The summed E-state index contributed by atoms with van der Waals surface area (Å²) in [6.07, 6.45) is 1.16. The highest BCUT2D eigenvalue weighted by Gasteiger charge is 2.38. The summed E-state index contributed by atoms with van der Waals surface area (Å²) >= 11 is 1.63. The Morgan fingerprint density at radius 1 is 1.05 bits per heavy atom. The molecule has 7 nitrogen and oxygen atoms in total. The first-order chi connectivity index (χ1) is 17.7. The minimum absolute atomic E-state index is 0.164. The highest BCUT2D eigenvalue weighted by Crippen LogP contribution is 2.30. The van der Waals surface area contributed by atoms with Gasteiger partial charge in [-0.3, -0.25) is 19.7 Å². The summed E-state index contributed by atoms with van der Waals surface area (Å²) in [6, 6.07) is 18.0. The number of esters is 2. The van der Waals surface area contributed by atoms with Crippen LogP contribution in [0.4, 0.5) is 0 Å². The molecule has 3 atom stereocenters. The third kappa shape index (κ3) is 8.90. The zero-order valence-electron chi connectivity index (χ0n) is 22.1. The van der Waals surface area contributed by atoms with Crippen molar-refractivity contribution in [2.45, 2.75) is 64.3 Å². The van der Waals surface area contributed by atoms with Crippen molar-refractivity contribution >= 4 is 29.6 Å². The number of carbonyl (C=O) groups excluding carboxylic acids is 3. The van der Waals surface area contributed by atoms with E-state index in [0.717, 1.165) is 11.1 Å². The van der Waals surface area contributed by atoms with Crippen LogP contribution in [-0.4, -0.2) is 65.1 Å². The van der Waals surface area contributed by atoms with Crippen molar-refractivity contribution in [1.29, 1.82) is 0 Å². The number of benzene rings is 2. The lowest BCUT2D eigenvalue weighted by atomic mass is 10.0. The number of hydrogen-bond acceptors (Lipinski definition) is 7. The van der Waals surface area contributed by atoms with Gasteiger partial charge >= 0.3 is 11.9 Å². The molecule has 0 saturated carbocycles. The van der Waals surface area contributed by atoms with Gasteiger partial charge in [-0.25, -0.2) is 0 Å². The molecule has 0 spiro atoms. The second-order valence-corrected chi connectivity index (χ2v) is 11.1. The van der Waals surface area contributed by atoms with Gasteiger partial charge in [-0.2, -0.15) is 11.8 Å². The maximum absolute atomic E-state index is 13.9. The van der Waals surface area contributed by atoms with E-state index in [0.29, 0.717) is 24.3 Å². The largest absolute Gasteiger partial charge is 0.465 e. The fourth-order valence-electron chi connectivity index (χ4n) is 4.29. The molecule has 0 radical (unpaired) electrons. The summed E-state index contributed by atoms with van der Waals surface area (Å²) in [4.78, 5) is 41.2. The van der Waals surface area contributed by atoms with Crippen LogP contribution in [-0.2, 0) is 30.3 Å². The Labute approximate surface area is 224 Å². The van der Waals surface area contributed by atoms with E-state index in [1.54, 1.807) is 44.4 Å². The van der Waals surface area contributed by atoms with Crippen LogP contribution in [0.2, 0.25) is 0 Å². The predicted molar refractivity (Wildman–Crippen MR) is 146 cm³/mol. The molecule has 1 heterocycles. The number of nitrogens with one attached hydrogen (secondary N) is 1. The van der Waals surface area contributed by atoms with Crippen LogP contribution in [0.1, 0.15) is 51.3 Å². The van der Waals surface area contributed by atoms with Gasteiger partial charge in [0.2, 0.25) is 5.91 Å². The Hall–Kier alpha value is -2.84. The monoisotopic (exact) mass is 526 g/mol. The van der Waals surface area contributed by atoms with E-state index in [4.69, 9.17) is 9.47 Å². The average molecular weight is 527 g/mol. The molecule has 2 aromatic carbocycles. The molecule has 1 fully saturated rings. The number of hydrogen-bond donors (Lipinski definition) is 1. The van der Waals surface area contributed by atoms with Crippen molar-refractivity contribution in [1.82, 2.24) is 10.2 Å². The lowest BCUT2D eigenvalue weighted by molar-refractivity contribution is -0.160. The Morgan fingerprint density at radius 3 is 2.32 bits per heavy atom. The molecular formula is C29H38N2O5S. The van der Waals surface area contributed by atoms with Crippen molar-refractivity contribution in [3.8, 4) is 0 Å². The predicted octanol–water partition coefficient (Wildman–Crippen LogP) is 4.17. The Kier molecular flexibility index (Phi) is 10.6. The number of rotatable bonds is 10. The van der Waals surface area contributed by atoms with Crippen molar-refractivity contribution < 1.29 is 23.9 Å². The van der Waals surface area contributed by atoms with Crippen LogP contribution in [0.25, 0.3) is 0 Å². The van der Waals surface area contributed by atoms with Gasteiger partial charge in [-0.1, -0.05) is 60.7 Å². The van der Waals surface area contributed by atoms with Gasteiger partial charge in [0, 0.05) is 11.5 Å². The number of carbonyl (C=O) groups is 3. The number of nitrogens with zero attached hydrogens (tertiary/aromatic N) is 1. The summed E-state index contributed by atoms with van der Waals surface area (Å²) in [5, 5.41) is 3.29. The van der Waals surface area contributed by atoms with E-state index in [9.17, 15) is 14.4 Å². The van der Waals surface area contributed by atoms with Gasteiger partial charge < -0.3 is 14.4 Å². The van der Waals surface area contributed by atoms with E-state index in [2.05, 4.69) is 5.32 Å². The van der Waals surface area contributed by atoms with Crippen molar-refractivity contribution in [2.24, 2.45) is 0 Å². The van der Waals surface area contributed by atoms with Gasteiger partial charge in [0.15, 0.2) is 0 Å². The van der Waals surface area contributed by atoms with Crippen LogP contribution in [0.5, 0.6) is 0 Å². The van der Waals surface area contributed by atoms with E-state index in [1.807, 2.05) is 60.7 Å². The molecule has 0 aromatic heterocycles. The molecule has 1 N–H and O–H groups in total. The lowest BCUT2D eigenvalue weighted by Gasteiger charge is -2.33. The van der Waals surface area contributed by atoms with E-state index in [-0.39, 0.29) is 31.1 Å². The van der Waals surface area contributed by atoms with Crippen molar-refractivity contribution in [3.05, 3.63) is 71.8 Å². The van der Waals surface area contributed by atoms with Crippen molar-refractivity contribution in [3.63, 3.8) is 0 Å². The number of amides is 1. The fraction of sp³-hybridized carbons (Fsp3) is 0.483. The third-order valence-electron chi connectivity index (χ3n) is 5.96. The smallest absolute Gasteiger partial charge is 0.326 e. The van der Waals surface area contributed by atoms with Gasteiger partial charge in [0.25, 0.3) is 0 Å². The van der Waals surface area contributed by atoms with Gasteiger partial charge in [-0.15, -0.1) is 0 Å². The minimum Gasteiger partial charge on any atom is -0.465 e. The molecule has 200 valence electrons. The summed E-state index contributed by atoms with van der Waals surface area (Å²) in [5.41, 5.74) is 1.40. The molecule has 0 bridgehead atoms. The maximum Gasteiger partial charge on any atom is 0.326 e. The number of thioether (sulfide) groups is 1. The SMILES string of the molecule is CCOC(=O)C(CCc1ccccc1)NC1CSCC(c2ccccc2)N(CC(=O)OC(C)(C)C)C1=O. The Morgan fingerprint density at radius 2 is 1.70 bits per heavy atom. The lowest BCUT2D eigenvalue weighted by Crippen LogP contribution is -2.54. The highest BCUT2D eigenvalue weighted by molar-refractivity contribution is 7.99. The summed E-state index contributed by atoms with van der Waals surface area (Å²) in [7, 11) is 0. The topological polar surface area (TPSA) is 84.9 Å². The number of aryl methyl sites for hydroxylation is 1. The quantitative estimate of drug-likeness (QED) is 0.465. The van der Waals surface area contributed by atoms with Crippen molar-refractivity contribution in [2.75, 3.05) is 24.7 Å². The first kappa shape index (κ1) is 28.7. The highest BCUT2D eigenvalue weighted by atomic mass is 32.2. The molecular weight excluding hydrogens is 488 g/mol. The van der Waals surface area contributed by atoms with E-state index >= 15 is 0 Å². The van der Waals surface area contributed by atoms with Crippen LogP contribution in [0, 0.1) is 0 Å². The summed E-state index contributed by atoms with van der Waals surface area (Å²) in [6.45, 7) is 7.28. The second-order valence-electron chi connectivity index (χ2n) is 10.1.